The number of carbonyl (C=O) groups excluding carboxylic acids is 2. The normalized spacial score (nSPS) is 12.3. The minimum absolute atomic E-state index is 0.0651. The first-order chi connectivity index (χ1) is 13.7. The Morgan fingerprint density at radius 3 is 2.24 bits per heavy atom. The molecule has 0 heterocycles. The number of thioether (sulfide) groups is 1. The summed E-state index contributed by atoms with van der Waals surface area (Å²) in [7, 11) is 0. The van der Waals surface area contributed by atoms with Crippen LogP contribution in [0.15, 0.2) is 59.5 Å². The van der Waals surface area contributed by atoms with Gasteiger partial charge in [0.15, 0.2) is 0 Å². The molecule has 0 aliphatic heterocycles. The first-order valence-electron chi connectivity index (χ1n) is 9.73. The Labute approximate surface area is 183 Å². The van der Waals surface area contributed by atoms with Crippen LogP contribution in [-0.2, 0) is 16.1 Å². The zero-order chi connectivity index (χ0) is 21.4. The van der Waals surface area contributed by atoms with Crippen LogP contribution in [0.2, 0.25) is 5.02 Å². The van der Waals surface area contributed by atoms with Crippen LogP contribution in [0.3, 0.4) is 0 Å². The van der Waals surface area contributed by atoms with E-state index in [1.54, 1.807) is 4.90 Å². The van der Waals surface area contributed by atoms with E-state index in [1.807, 2.05) is 82.3 Å². The highest BCUT2D eigenvalue weighted by Crippen LogP contribution is 2.22. The maximum atomic E-state index is 13.2. The number of benzene rings is 2. The second-order valence-corrected chi connectivity index (χ2v) is 9.40. The summed E-state index contributed by atoms with van der Waals surface area (Å²) in [6.45, 7) is 8.16. The van der Waals surface area contributed by atoms with Gasteiger partial charge in [-0.25, -0.2) is 0 Å². The van der Waals surface area contributed by atoms with Crippen molar-refractivity contribution >= 4 is 35.2 Å². The average molecular weight is 433 g/mol. The first kappa shape index (κ1) is 23.3. The van der Waals surface area contributed by atoms with Crippen molar-refractivity contribution in [2.24, 2.45) is 0 Å². The number of rotatable bonds is 8. The second kappa shape index (κ2) is 10.7. The van der Waals surface area contributed by atoms with Crippen molar-refractivity contribution in [3.8, 4) is 0 Å². The molecule has 0 fully saturated rings. The monoisotopic (exact) mass is 432 g/mol. The Bertz CT molecular complexity index is 804. The lowest BCUT2D eigenvalue weighted by atomic mass is 10.1. The molecule has 29 heavy (non-hydrogen) atoms. The van der Waals surface area contributed by atoms with E-state index in [1.165, 1.54) is 11.8 Å². The van der Waals surface area contributed by atoms with Crippen LogP contribution in [0.4, 0.5) is 0 Å². The molecule has 0 aliphatic carbocycles. The molecule has 0 aromatic heterocycles. The molecule has 2 aromatic carbocycles. The smallest absolute Gasteiger partial charge is 0.243 e. The van der Waals surface area contributed by atoms with E-state index in [4.69, 9.17) is 11.6 Å². The Morgan fingerprint density at radius 1 is 1.07 bits per heavy atom. The third-order valence-electron chi connectivity index (χ3n) is 4.26. The number of halogens is 1. The van der Waals surface area contributed by atoms with E-state index < -0.39 is 6.04 Å². The van der Waals surface area contributed by atoms with Gasteiger partial charge < -0.3 is 10.2 Å². The van der Waals surface area contributed by atoms with Gasteiger partial charge in [0.2, 0.25) is 11.8 Å². The van der Waals surface area contributed by atoms with Gasteiger partial charge in [0.1, 0.15) is 6.04 Å². The Kier molecular flexibility index (Phi) is 8.60. The van der Waals surface area contributed by atoms with Crippen molar-refractivity contribution in [2.45, 2.75) is 57.1 Å². The van der Waals surface area contributed by atoms with E-state index in [2.05, 4.69) is 5.32 Å². The molecule has 2 aromatic rings. The summed E-state index contributed by atoms with van der Waals surface area (Å²) in [5.74, 6) is 0.0683. The molecule has 6 heteroatoms. The Hall–Kier alpha value is -1.98. The molecule has 0 bridgehead atoms. The zero-order valence-corrected chi connectivity index (χ0v) is 19.0. The summed E-state index contributed by atoms with van der Waals surface area (Å²) >= 11 is 7.38. The molecule has 4 nitrogen and oxygen atoms in total. The largest absolute Gasteiger partial charge is 0.350 e. The summed E-state index contributed by atoms with van der Waals surface area (Å²) in [5, 5.41) is 3.68. The van der Waals surface area contributed by atoms with Gasteiger partial charge in [-0.1, -0.05) is 48.9 Å². The fraction of sp³-hybridized carbons (Fsp3) is 0.391. The Morgan fingerprint density at radius 2 is 1.69 bits per heavy atom. The molecule has 0 aliphatic rings. The standard InChI is InChI=1S/C23H29ClN2O2S/c1-5-20(22(28)25-23(2,3)4)26(15-17-9-7-6-8-10-17)21(27)16-29-19-13-11-18(24)12-14-19/h6-14,20H,5,15-16H2,1-4H3,(H,25,28)/t20-/m0/s1. The van der Waals surface area contributed by atoms with Crippen molar-refractivity contribution in [3.63, 3.8) is 0 Å². The SMILES string of the molecule is CC[C@@H](C(=O)NC(C)(C)C)N(Cc1ccccc1)C(=O)CSc1ccc(Cl)cc1. The lowest BCUT2D eigenvalue weighted by Gasteiger charge is -2.33. The molecule has 2 rings (SSSR count). The van der Waals surface area contributed by atoms with Crippen molar-refractivity contribution in [2.75, 3.05) is 5.75 Å². The number of nitrogens with zero attached hydrogens (tertiary/aromatic N) is 1. The fourth-order valence-electron chi connectivity index (χ4n) is 2.91. The molecular formula is C23H29ClN2O2S. The average Bonchev–Trinajstić information content (AvgIpc) is 2.66. The van der Waals surface area contributed by atoms with Gasteiger partial charge in [0.05, 0.1) is 5.75 Å². The number of nitrogens with one attached hydrogen (secondary N) is 1. The maximum absolute atomic E-state index is 13.2. The molecule has 0 saturated heterocycles. The van der Waals surface area contributed by atoms with E-state index in [-0.39, 0.29) is 23.1 Å². The second-order valence-electron chi connectivity index (χ2n) is 7.91. The van der Waals surface area contributed by atoms with Crippen LogP contribution in [0.5, 0.6) is 0 Å². The molecular weight excluding hydrogens is 404 g/mol. The van der Waals surface area contributed by atoms with Gasteiger partial charge in [0.25, 0.3) is 0 Å². The molecule has 2 amide bonds. The molecule has 156 valence electrons. The number of carbonyl (C=O) groups is 2. The molecule has 0 unspecified atom stereocenters. The van der Waals surface area contributed by atoms with Crippen molar-refractivity contribution < 1.29 is 9.59 Å². The fourth-order valence-corrected chi connectivity index (χ4v) is 3.82. The lowest BCUT2D eigenvalue weighted by molar-refractivity contribution is -0.140. The van der Waals surface area contributed by atoms with E-state index in [0.717, 1.165) is 10.5 Å². The minimum atomic E-state index is -0.521. The predicted molar refractivity (Wildman–Crippen MR) is 121 cm³/mol. The highest BCUT2D eigenvalue weighted by atomic mass is 35.5. The minimum Gasteiger partial charge on any atom is -0.350 e. The summed E-state index contributed by atoms with van der Waals surface area (Å²) in [4.78, 5) is 28.7. The van der Waals surface area contributed by atoms with E-state index in [0.29, 0.717) is 18.0 Å². The summed E-state index contributed by atoms with van der Waals surface area (Å²) in [6.07, 6.45) is 0.548. The summed E-state index contributed by atoms with van der Waals surface area (Å²) in [6, 6.07) is 16.7. The Balaban J connectivity index is 2.19. The summed E-state index contributed by atoms with van der Waals surface area (Å²) < 4.78 is 0. The third-order valence-corrected chi connectivity index (χ3v) is 5.50. The molecule has 0 saturated carbocycles. The lowest BCUT2D eigenvalue weighted by Crippen LogP contribution is -2.53. The number of hydrogen-bond donors (Lipinski definition) is 1. The van der Waals surface area contributed by atoms with E-state index in [9.17, 15) is 9.59 Å². The molecule has 1 N–H and O–H groups in total. The quantitative estimate of drug-likeness (QED) is 0.586. The number of amides is 2. The van der Waals surface area contributed by atoms with Crippen molar-refractivity contribution in [1.82, 2.24) is 10.2 Å². The van der Waals surface area contributed by atoms with Crippen LogP contribution in [0.1, 0.15) is 39.7 Å². The maximum Gasteiger partial charge on any atom is 0.243 e. The van der Waals surface area contributed by atoms with Crippen LogP contribution >= 0.6 is 23.4 Å². The van der Waals surface area contributed by atoms with Crippen LogP contribution in [0.25, 0.3) is 0 Å². The highest BCUT2D eigenvalue weighted by molar-refractivity contribution is 8.00. The predicted octanol–water partition coefficient (Wildman–Crippen LogP) is 5.15. The van der Waals surface area contributed by atoms with Crippen LogP contribution in [0, 0.1) is 0 Å². The van der Waals surface area contributed by atoms with Gasteiger partial charge in [-0.05, 0) is 57.0 Å². The van der Waals surface area contributed by atoms with E-state index >= 15 is 0 Å². The van der Waals surface area contributed by atoms with Crippen LogP contribution in [-0.4, -0.2) is 34.0 Å². The summed E-state index contributed by atoms with van der Waals surface area (Å²) in [5.41, 5.74) is 0.642. The van der Waals surface area contributed by atoms with Crippen molar-refractivity contribution in [3.05, 3.63) is 65.2 Å². The molecule has 0 spiro atoms. The molecule has 1 atom stereocenters. The van der Waals surface area contributed by atoms with Gasteiger partial charge in [0, 0.05) is 22.0 Å². The third kappa shape index (κ3) is 7.75. The first-order valence-corrected chi connectivity index (χ1v) is 11.1. The zero-order valence-electron chi connectivity index (χ0n) is 17.4. The van der Waals surface area contributed by atoms with Gasteiger partial charge in [-0.2, -0.15) is 0 Å². The highest BCUT2D eigenvalue weighted by Gasteiger charge is 2.30. The van der Waals surface area contributed by atoms with Crippen molar-refractivity contribution in [1.29, 1.82) is 0 Å². The molecule has 0 radical (unpaired) electrons. The van der Waals surface area contributed by atoms with Gasteiger partial charge >= 0.3 is 0 Å². The van der Waals surface area contributed by atoms with Crippen LogP contribution < -0.4 is 5.32 Å². The number of hydrogen-bond acceptors (Lipinski definition) is 3. The van der Waals surface area contributed by atoms with Gasteiger partial charge in [-0.3, -0.25) is 9.59 Å². The van der Waals surface area contributed by atoms with Gasteiger partial charge in [-0.15, -0.1) is 11.8 Å². The topological polar surface area (TPSA) is 49.4 Å².